The molecule has 0 fully saturated rings. The van der Waals surface area contributed by atoms with E-state index in [0.717, 1.165) is 17.7 Å². The van der Waals surface area contributed by atoms with Crippen LogP contribution >= 0.6 is 15.9 Å². The number of halogens is 1. The predicted molar refractivity (Wildman–Crippen MR) is 59.7 cm³/mol. The quantitative estimate of drug-likeness (QED) is 0.776. The molecule has 1 atom stereocenters. The molecule has 0 aliphatic carbocycles. The van der Waals surface area contributed by atoms with E-state index in [0.29, 0.717) is 0 Å². The Bertz CT molecular complexity index is 357. The van der Waals surface area contributed by atoms with Crippen molar-refractivity contribution in [2.45, 2.75) is 18.2 Å². The molecule has 0 spiro atoms. The van der Waals surface area contributed by atoms with E-state index < -0.39 is 0 Å². The minimum absolute atomic E-state index is 0.302. The van der Waals surface area contributed by atoms with Crippen LogP contribution in [0.15, 0.2) is 18.2 Å². The number of benzene rings is 1. The SMILES string of the molecule is CCc1ccc(OC)c(C(Br)C#N)c1. The van der Waals surface area contributed by atoms with Crippen molar-refractivity contribution >= 4 is 15.9 Å². The molecule has 0 saturated carbocycles. The average Bonchev–Trinajstić information content (AvgIpc) is 2.27. The molecule has 0 bridgehead atoms. The molecule has 0 saturated heterocycles. The number of hydrogen-bond donors (Lipinski definition) is 0. The summed E-state index contributed by atoms with van der Waals surface area (Å²) in [6.45, 7) is 2.08. The third kappa shape index (κ3) is 2.27. The lowest BCUT2D eigenvalue weighted by Gasteiger charge is -2.10. The van der Waals surface area contributed by atoms with Gasteiger partial charge in [-0.05, 0) is 24.1 Å². The normalized spacial score (nSPS) is 11.9. The Hall–Kier alpha value is -1.01. The molecule has 1 aromatic carbocycles. The summed E-state index contributed by atoms with van der Waals surface area (Å²) in [4.78, 5) is -0.302. The van der Waals surface area contributed by atoms with Gasteiger partial charge in [-0.25, -0.2) is 0 Å². The van der Waals surface area contributed by atoms with Crippen molar-refractivity contribution < 1.29 is 4.74 Å². The van der Waals surface area contributed by atoms with E-state index in [1.165, 1.54) is 5.56 Å². The van der Waals surface area contributed by atoms with Gasteiger partial charge in [0.2, 0.25) is 0 Å². The Labute approximate surface area is 92.6 Å². The fraction of sp³-hybridized carbons (Fsp3) is 0.364. The highest BCUT2D eigenvalue weighted by Gasteiger charge is 2.12. The molecule has 0 aliphatic heterocycles. The lowest BCUT2D eigenvalue weighted by atomic mass is 10.1. The molecule has 0 radical (unpaired) electrons. The van der Waals surface area contributed by atoms with Crippen LogP contribution in [0.4, 0.5) is 0 Å². The molecule has 0 heterocycles. The molecule has 0 N–H and O–H groups in total. The monoisotopic (exact) mass is 253 g/mol. The highest BCUT2D eigenvalue weighted by Crippen LogP contribution is 2.31. The van der Waals surface area contributed by atoms with Gasteiger partial charge in [-0.15, -0.1) is 0 Å². The number of rotatable bonds is 3. The van der Waals surface area contributed by atoms with E-state index in [2.05, 4.69) is 28.9 Å². The van der Waals surface area contributed by atoms with Crippen LogP contribution in [0.5, 0.6) is 5.75 Å². The Morgan fingerprint density at radius 3 is 2.79 bits per heavy atom. The summed E-state index contributed by atoms with van der Waals surface area (Å²) in [6.07, 6.45) is 0.960. The number of alkyl halides is 1. The first-order chi connectivity index (χ1) is 6.72. The second-order valence-electron chi connectivity index (χ2n) is 2.92. The Morgan fingerprint density at radius 1 is 1.57 bits per heavy atom. The van der Waals surface area contributed by atoms with Gasteiger partial charge in [0, 0.05) is 5.56 Å². The van der Waals surface area contributed by atoms with Crippen LogP contribution in [0, 0.1) is 11.3 Å². The number of ether oxygens (including phenoxy) is 1. The summed E-state index contributed by atoms with van der Waals surface area (Å²) < 4.78 is 5.19. The predicted octanol–water partition coefficient (Wildman–Crippen LogP) is 3.22. The molecular weight excluding hydrogens is 242 g/mol. The number of nitrogens with zero attached hydrogens (tertiary/aromatic N) is 1. The topological polar surface area (TPSA) is 33.0 Å². The smallest absolute Gasteiger partial charge is 0.130 e. The average molecular weight is 254 g/mol. The molecule has 0 aromatic heterocycles. The molecule has 3 heteroatoms. The fourth-order valence-electron chi connectivity index (χ4n) is 1.27. The van der Waals surface area contributed by atoms with Gasteiger partial charge < -0.3 is 4.74 Å². The lowest BCUT2D eigenvalue weighted by Crippen LogP contribution is -1.95. The summed E-state index contributed by atoms with van der Waals surface area (Å²) in [5, 5.41) is 8.82. The van der Waals surface area contributed by atoms with Crippen molar-refractivity contribution in [3.8, 4) is 11.8 Å². The van der Waals surface area contributed by atoms with Crippen LogP contribution in [-0.2, 0) is 6.42 Å². The fourth-order valence-corrected chi connectivity index (χ4v) is 1.63. The van der Waals surface area contributed by atoms with Crippen molar-refractivity contribution in [3.05, 3.63) is 29.3 Å². The highest BCUT2D eigenvalue weighted by molar-refractivity contribution is 9.09. The van der Waals surface area contributed by atoms with Gasteiger partial charge in [0.15, 0.2) is 0 Å². The second kappa shape index (κ2) is 5.02. The molecule has 1 unspecified atom stereocenters. The van der Waals surface area contributed by atoms with Gasteiger partial charge in [0.25, 0.3) is 0 Å². The maximum Gasteiger partial charge on any atom is 0.130 e. The summed E-state index contributed by atoms with van der Waals surface area (Å²) in [7, 11) is 1.61. The minimum atomic E-state index is -0.302. The maximum absolute atomic E-state index is 8.82. The molecule has 14 heavy (non-hydrogen) atoms. The number of aryl methyl sites for hydroxylation is 1. The summed E-state index contributed by atoms with van der Waals surface area (Å²) in [5.41, 5.74) is 2.11. The van der Waals surface area contributed by atoms with E-state index in [-0.39, 0.29) is 4.83 Å². The van der Waals surface area contributed by atoms with Gasteiger partial charge in [-0.2, -0.15) is 5.26 Å². The molecular formula is C11H12BrNO. The molecule has 1 aromatic rings. The number of hydrogen-bond acceptors (Lipinski definition) is 2. The molecule has 1 rings (SSSR count). The Balaban J connectivity index is 3.16. The van der Waals surface area contributed by atoms with Gasteiger partial charge in [0.05, 0.1) is 13.2 Å². The van der Waals surface area contributed by atoms with Gasteiger partial charge in [-0.1, -0.05) is 28.9 Å². The van der Waals surface area contributed by atoms with Gasteiger partial charge >= 0.3 is 0 Å². The first-order valence-corrected chi connectivity index (χ1v) is 5.35. The third-order valence-corrected chi connectivity index (χ3v) is 2.79. The lowest BCUT2D eigenvalue weighted by molar-refractivity contribution is 0.410. The van der Waals surface area contributed by atoms with Crippen LogP contribution in [0.2, 0.25) is 0 Å². The number of nitriles is 1. The zero-order valence-electron chi connectivity index (χ0n) is 8.25. The summed E-state index contributed by atoms with van der Waals surface area (Å²) in [5.74, 6) is 0.755. The zero-order valence-corrected chi connectivity index (χ0v) is 9.84. The summed E-state index contributed by atoms with van der Waals surface area (Å²) >= 11 is 3.30. The van der Waals surface area contributed by atoms with Crippen molar-refractivity contribution in [1.29, 1.82) is 5.26 Å². The molecule has 74 valence electrons. The van der Waals surface area contributed by atoms with Crippen LogP contribution in [0.25, 0.3) is 0 Å². The van der Waals surface area contributed by atoms with Crippen molar-refractivity contribution in [2.75, 3.05) is 7.11 Å². The van der Waals surface area contributed by atoms with Crippen LogP contribution < -0.4 is 4.74 Å². The van der Waals surface area contributed by atoms with Crippen LogP contribution in [-0.4, -0.2) is 7.11 Å². The van der Waals surface area contributed by atoms with Crippen LogP contribution in [0.3, 0.4) is 0 Å². The van der Waals surface area contributed by atoms with Crippen molar-refractivity contribution in [1.82, 2.24) is 0 Å². The van der Waals surface area contributed by atoms with E-state index in [4.69, 9.17) is 10.00 Å². The van der Waals surface area contributed by atoms with Crippen molar-refractivity contribution in [2.24, 2.45) is 0 Å². The Kier molecular flexibility index (Phi) is 3.97. The van der Waals surface area contributed by atoms with E-state index in [1.54, 1.807) is 7.11 Å². The second-order valence-corrected chi connectivity index (χ2v) is 3.84. The molecule has 2 nitrogen and oxygen atoms in total. The number of methoxy groups -OCH3 is 1. The zero-order chi connectivity index (χ0) is 10.6. The first-order valence-electron chi connectivity index (χ1n) is 4.43. The summed E-state index contributed by atoms with van der Waals surface area (Å²) in [6, 6.07) is 8.06. The standard InChI is InChI=1S/C11H12BrNO/c1-3-8-4-5-11(14-2)9(6-8)10(12)7-13/h4-6,10H,3H2,1-2H3. The van der Waals surface area contributed by atoms with E-state index in [9.17, 15) is 0 Å². The van der Waals surface area contributed by atoms with Gasteiger partial charge in [-0.3, -0.25) is 0 Å². The highest BCUT2D eigenvalue weighted by atomic mass is 79.9. The first kappa shape index (κ1) is 11.1. The van der Waals surface area contributed by atoms with E-state index >= 15 is 0 Å². The molecule has 0 aliphatic rings. The van der Waals surface area contributed by atoms with E-state index in [1.807, 2.05) is 18.2 Å². The Morgan fingerprint density at radius 2 is 2.29 bits per heavy atom. The minimum Gasteiger partial charge on any atom is -0.496 e. The van der Waals surface area contributed by atoms with Gasteiger partial charge in [0.1, 0.15) is 10.6 Å². The maximum atomic E-state index is 8.82. The van der Waals surface area contributed by atoms with Crippen molar-refractivity contribution in [3.63, 3.8) is 0 Å². The third-order valence-electron chi connectivity index (χ3n) is 2.09. The van der Waals surface area contributed by atoms with Crippen LogP contribution in [0.1, 0.15) is 22.9 Å². The molecule has 0 amide bonds. The largest absolute Gasteiger partial charge is 0.496 e.